The van der Waals surface area contributed by atoms with Crippen molar-refractivity contribution >= 4 is 23.2 Å². The second kappa shape index (κ2) is 13.1. The molecule has 0 saturated carbocycles. The third-order valence-corrected chi connectivity index (χ3v) is 7.81. The Hall–Kier alpha value is -4.94. The fourth-order valence-electron chi connectivity index (χ4n) is 5.27. The number of para-hydroxylation sites is 1. The summed E-state index contributed by atoms with van der Waals surface area (Å²) in [6.07, 6.45) is 3.47. The molecular formula is C32H36N8O4. The Morgan fingerprint density at radius 3 is 2.48 bits per heavy atom. The standard InChI is InChI=1S/C32H36N8O4/c1-37(25-8-5-4-6-9-25)29(41)22-39-15-13-38(14-16-39)21-24-20-34-32(33-19-23-11-12-26(42-2)28(18-23)43-3)40-31(24)35-30(36-40)27-10-7-17-44-27/h4-12,17-18,20H,13-16,19,21-22H2,1-3H3,(H,33,34). The number of anilines is 2. The first-order chi connectivity index (χ1) is 21.5. The van der Waals surface area contributed by atoms with Gasteiger partial charge in [-0.05, 0) is 42.0 Å². The van der Waals surface area contributed by atoms with Gasteiger partial charge in [0.05, 0.1) is 27.0 Å². The van der Waals surface area contributed by atoms with Crippen molar-refractivity contribution in [1.82, 2.24) is 29.4 Å². The predicted molar refractivity (Wildman–Crippen MR) is 167 cm³/mol. The van der Waals surface area contributed by atoms with Crippen molar-refractivity contribution in [3.63, 3.8) is 0 Å². The van der Waals surface area contributed by atoms with E-state index in [-0.39, 0.29) is 5.91 Å². The Morgan fingerprint density at radius 2 is 1.75 bits per heavy atom. The molecule has 6 rings (SSSR count). The van der Waals surface area contributed by atoms with E-state index in [1.807, 2.05) is 73.9 Å². The van der Waals surface area contributed by atoms with Crippen molar-refractivity contribution in [3.8, 4) is 23.1 Å². The number of methoxy groups -OCH3 is 2. The number of fused-ring (bicyclic) bond motifs is 1. The molecule has 1 amide bonds. The SMILES string of the molecule is COc1ccc(CNc2ncc(CN3CCN(CC(=O)N(C)c4ccccc4)CC3)c3nc(-c4ccco4)nn23)cc1OC. The molecule has 0 atom stereocenters. The number of hydrogen-bond acceptors (Lipinski definition) is 10. The summed E-state index contributed by atoms with van der Waals surface area (Å²) in [5.41, 5.74) is 3.57. The van der Waals surface area contributed by atoms with Gasteiger partial charge in [0, 0.05) is 63.8 Å². The average Bonchev–Trinajstić information content (AvgIpc) is 3.76. The molecule has 0 bridgehead atoms. The number of nitrogens with zero attached hydrogens (tertiary/aromatic N) is 7. The van der Waals surface area contributed by atoms with Gasteiger partial charge in [-0.25, -0.2) is 9.97 Å². The molecule has 1 aliphatic heterocycles. The first-order valence-electron chi connectivity index (χ1n) is 14.5. The van der Waals surface area contributed by atoms with Crippen LogP contribution in [0.4, 0.5) is 11.6 Å². The van der Waals surface area contributed by atoms with E-state index in [0.717, 1.165) is 43.0 Å². The predicted octanol–water partition coefficient (Wildman–Crippen LogP) is 3.79. The highest BCUT2D eigenvalue weighted by Crippen LogP contribution is 2.28. The summed E-state index contributed by atoms with van der Waals surface area (Å²) in [5, 5.41) is 8.13. The van der Waals surface area contributed by atoms with Crippen LogP contribution in [0, 0.1) is 0 Å². The second-order valence-corrected chi connectivity index (χ2v) is 10.6. The van der Waals surface area contributed by atoms with Gasteiger partial charge in [0.2, 0.25) is 17.7 Å². The zero-order chi connectivity index (χ0) is 30.5. The molecule has 1 saturated heterocycles. The second-order valence-electron chi connectivity index (χ2n) is 10.6. The molecule has 2 aromatic carbocycles. The Kier molecular flexibility index (Phi) is 8.71. The summed E-state index contributed by atoms with van der Waals surface area (Å²) in [4.78, 5) is 28.8. The lowest BCUT2D eigenvalue weighted by Crippen LogP contribution is -2.49. The van der Waals surface area contributed by atoms with Crippen LogP contribution in [-0.2, 0) is 17.9 Å². The van der Waals surface area contributed by atoms with Crippen molar-refractivity contribution in [2.24, 2.45) is 0 Å². The Morgan fingerprint density at radius 1 is 0.977 bits per heavy atom. The fourth-order valence-corrected chi connectivity index (χ4v) is 5.27. The number of aromatic nitrogens is 4. The van der Waals surface area contributed by atoms with Gasteiger partial charge in [0.25, 0.3) is 0 Å². The van der Waals surface area contributed by atoms with Gasteiger partial charge in [0.1, 0.15) is 0 Å². The minimum atomic E-state index is 0.0839. The van der Waals surface area contributed by atoms with Crippen LogP contribution in [0.25, 0.3) is 17.2 Å². The maximum Gasteiger partial charge on any atom is 0.240 e. The number of nitrogens with one attached hydrogen (secondary N) is 1. The van der Waals surface area contributed by atoms with Crippen LogP contribution in [0.5, 0.6) is 11.5 Å². The molecule has 44 heavy (non-hydrogen) atoms. The lowest BCUT2D eigenvalue weighted by Gasteiger charge is -2.35. The maximum absolute atomic E-state index is 12.9. The molecule has 12 heteroatoms. The minimum absolute atomic E-state index is 0.0839. The van der Waals surface area contributed by atoms with Gasteiger partial charge < -0.3 is 24.1 Å². The molecule has 5 aromatic rings. The molecule has 3 aromatic heterocycles. The Balaban J connectivity index is 1.14. The highest BCUT2D eigenvalue weighted by atomic mass is 16.5. The summed E-state index contributed by atoms with van der Waals surface area (Å²) in [7, 11) is 5.06. The van der Waals surface area contributed by atoms with Gasteiger partial charge in [-0.3, -0.25) is 14.6 Å². The van der Waals surface area contributed by atoms with Crippen LogP contribution in [0.15, 0.2) is 77.5 Å². The van der Waals surface area contributed by atoms with E-state index in [9.17, 15) is 4.79 Å². The minimum Gasteiger partial charge on any atom is -0.493 e. The monoisotopic (exact) mass is 596 g/mol. The molecule has 0 unspecified atom stereocenters. The van der Waals surface area contributed by atoms with E-state index in [2.05, 4.69) is 15.1 Å². The number of carbonyl (C=O) groups excluding carboxylic acids is 1. The van der Waals surface area contributed by atoms with Crippen molar-refractivity contribution in [2.75, 3.05) is 64.2 Å². The van der Waals surface area contributed by atoms with Crippen LogP contribution in [0.1, 0.15) is 11.1 Å². The Labute approximate surface area is 255 Å². The topological polar surface area (TPSA) is 114 Å². The number of likely N-dealkylation sites (N-methyl/N-ethyl adjacent to an activating group) is 1. The molecule has 4 heterocycles. The number of rotatable bonds is 11. The number of furan rings is 1. The first kappa shape index (κ1) is 29.1. The van der Waals surface area contributed by atoms with Crippen LogP contribution in [0.3, 0.4) is 0 Å². The number of hydrogen-bond donors (Lipinski definition) is 1. The van der Waals surface area contributed by atoms with E-state index < -0.39 is 0 Å². The van der Waals surface area contributed by atoms with Crippen LogP contribution >= 0.6 is 0 Å². The molecule has 0 aliphatic carbocycles. The summed E-state index contributed by atoms with van der Waals surface area (Å²) in [6.45, 7) is 4.80. The molecule has 1 aliphatic rings. The molecule has 1 N–H and O–H groups in total. The van der Waals surface area contributed by atoms with E-state index in [1.165, 1.54) is 0 Å². The molecule has 12 nitrogen and oxygen atoms in total. The maximum atomic E-state index is 12.9. The van der Waals surface area contributed by atoms with Crippen molar-refractivity contribution in [3.05, 3.63) is 84.3 Å². The number of carbonyl (C=O) groups is 1. The number of benzene rings is 2. The van der Waals surface area contributed by atoms with Crippen LogP contribution in [0.2, 0.25) is 0 Å². The van der Waals surface area contributed by atoms with Gasteiger partial charge in [-0.1, -0.05) is 24.3 Å². The molecule has 0 radical (unpaired) electrons. The quantitative estimate of drug-likeness (QED) is 0.242. The smallest absolute Gasteiger partial charge is 0.240 e. The van der Waals surface area contributed by atoms with Crippen LogP contribution in [-0.4, -0.2) is 89.3 Å². The normalized spacial score (nSPS) is 14.1. The van der Waals surface area contributed by atoms with E-state index in [4.69, 9.17) is 29.0 Å². The lowest BCUT2D eigenvalue weighted by molar-refractivity contribution is -0.119. The molecule has 1 fully saturated rings. The summed E-state index contributed by atoms with van der Waals surface area (Å²) in [6, 6.07) is 19.2. The van der Waals surface area contributed by atoms with E-state index >= 15 is 0 Å². The summed E-state index contributed by atoms with van der Waals surface area (Å²) in [5.74, 6) is 3.06. The first-order valence-corrected chi connectivity index (χ1v) is 14.5. The number of piperazine rings is 1. The van der Waals surface area contributed by atoms with E-state index in [0.29, 0.717) is 54.3 Å². The van der Waals surface area contributed by atoms with Gasteiger partial charge in [-0.2, -0.15) is 4.52 Å². The van der Waals surface area contributed by atoms with Crippen molar-refractivity contribution < 1.29 is 18.7 Å². The molecular weight excluding hydrogens is 560 g/mol. The van der Waals surface area contributed by atoms with E-state index in [1.54, 1.807) is 29.9 Å². The highest BCUT2D eigenvalue weighted by molar-refractivity contribution is 5.94. The van der Waals surface area contributed by atoms with Gasteiger partial charge in [0.15, 0.2) is 22.9 Å². The number of ether oxygens (including phenoxy) is 2. The lowest BCUT2D eigenvalue weighted by atomic mass is 10.2. The zero-order valence-corrected chi connectivity index (χ0v) is 25.1. The summed E-state index contributed by atoms with van der Waals surface area (Å²) >= 11 is 0. The zero-order valence-electron chi connectivity index (χ0n) is 25.1. The molecule has 0 spiro atoms. The van der Waals surface area contributed by atoms with Crippen molar-refractivity contribution in [2.45, 2.75) is 13.1 Å². The van der Waals surface area contributed by atoms with Gasteiger partial charge in [-0.15, -0.1) is 5.10 Å². The van der Waals surface area contributed by atoms with Gasteiger partial charge >= 0.3 is 0 Å². The number of amides is 1. The highest BCUT2D eigenvalue weighted by Gasteiger charge is 2.23. The Bertz CT molecular complexity index is 1700. The fraction of sp³-hybridized carbons (Fsp3) is 0.312. The average molecular weight is 597 g/mol. The third-order valence-electron chi connectivity index (χ3n) is 7.81. The van der Waals surface area contributed by atoms with Crippen LogP contribution < -0.4 is 19.7 Å². The largest absolute Gasteiger partial charge is 0.493 e. The summed E-state index contributed by atoms with van der Waals surface area (Å²) < 4.78 is 18.1. The third kappa shape index (κ3) is 6.36. The van der Waals surface area contributed by atoms with Crippen molar-refractivity contribution in [1.29, 1.82) is 0 Å². The molecule has 228 valence electrons.